The molecule has 0 aliphatic carbocycles. The lowest BCUT2D eigenvalue weighted by Crippen LogP contribution is -2.47. The van der Waals surface area contributed by atoms with Crippen LogP contribution in [-0.4, -0.2) is 45.0 Å². The molecule has 2 aliphatic heterocycles. The Bertz CT molecular complexity index is 914. The maximum absolute atomic E-state index is 13.0. The van der Waals surface area contributed by atoms with Crippen LogP contribution in [0, 0.1) is 0 Å². The van der Waals surface area contributed by atoms with Crippen molar-refractivity contribution in [3.8, 4) is 17.2 Å². The highest BCUT2D eigenvalue weighted by atomic mass is 19.4. The normalized spacial score (nSPS) is 19.3. The van der Waals surface area contributed by atoms with Gasteiger partial charge in [-0.1, -0.05) is 0 Å². The van der Waals surface area contributed by atoms with Gasteiger partial charge in [-0.25, -0.2) is 0 Å². The smallest absolute Gasteiger partial charge is 0.451 e. The molecule has 3 heterocycles. The van der Waals surface area contributed by atoms with E-state index in [4.69, 9.17) is 14.2 Å². The fourth-order valence-corrected chi connectivity index (χ4v) is 3.33. The summed E-state index contributed by atoms with van der Waals surface area (Å²) in [6, 6.07) is 4.30. The summed E-state index contributed by atoms with van der Waals surface area (Å²) in [7, 11) is 0. The van der Waals surface area contributed by atoms with E-state index in [1.807, 2.05) is 0 Å². The number of halogens is 3. The van der Waals surface area contributed by atoms with E-state index in [9.17, 15) is 18.0 Å². The monoisotopic (exact) mass is 398 g/mol. The molecule has 8 nitrogen and oxygen atoms in total. The van der Waals surface area contributed by atoms with Crippen LogP contribution in [0.5, 0.6) is 17.2 Å². The molecule has 1 amide bonds. The van der Waals surface area contributed by atoms with Crippen LogP contribution >= 0.6 is 0 Å². The molecule has 1 aromatic heterocycles. The molecule has 1 aromatic carbocycles. The van der Waals surface area contributed by atoms with Crippen LogP contribution in [0.15, 0.2) is 18.2 Å². The lowest BCUT2D eigenvalue weighted by atomic mass is 10.1. The van der Waals surface area contributed by atoms with Gasteiger partial charge in [-0.15, -0.1) is 10.2 Å². The van der Waals surface area contributed by atoms with Crippen molar-refractivity contribution in [2.45, 2.75) is 38.7 Å². The standard InChI is InChI=1S/C17H17F3N4O4/c1-9-14-21-22-16(17(18,19)20)24(14)6-5-23(9)15(25)10(2)28-11-3-4-12-13(7-11)27-8-26-12/h3-4,7,9-10H,5-6,8H2,1-2H3. The molecule has 0 saturated carbocycles. The summed E-state index contributed by atoms with van der Waals surface area (Å²) < 4.78 is 56.3. The van der Waals surface area contributed by atoms with E-state index < -0.39 is 24.1 Å². The topological polar surface area (TPSA) is 78.7 Å². The predicted molar refractivity (Wildman–Crippen MR) is 87.8 cm³/mol. The molecule has 28 heavy (non-hydrogen) atoms. The van der Waals surface area contributed by atoms with E-state index in [2.05, 4.69) is 10.2 Å². The van der Waals surface area contributed by atoms with E-state index in [0.717, 1.165) is 4.57 Å². The van der Waals surface area contributed by atoms with E-state index in [-0.39, 0.29) is 31.6 Å². The van der Waals surface area contributed by atoms with Crippen molar-refractivity contribution in [1.29, 1.82) is 0 Å². The molecule has 11 heteroatoms. The Morgan fingerprint density at radius 2 is 2.00 bits per heavy atom. The van der Waals surface area contributed by atoms with Crippen LogP contribution < -0.4 is 14.2 Å². The van der Waals surface area contributed by atoms with E-state index in [0.29, 0.717) is 17.2 Å². The van der Waals surface area contributed by atoms with Gasteiger partial charge in [-0.05, 0) is 26.0 Å². The Kier molecular flexibility index (Phi) is 4.31. The summed E-state index contributed by atoms with van der Waals surface area (Å²) in [5, 5.41) is 6.90. The zero-order chi connectivity index (χ0) is 20.1. The van der Waals surface area contributed by atoms with Crippen LogP contribution in [0.2, 0.25) is 0 Å². The fraction of sp³-hybridized carbons (Fsp3) is 0.471. The van der Waals surface area contributed by atoms with Crippen LogP contribution in [0.1, 0.15) is 31.5 Å². The fourth-order valence-electron chi connectivity index (χ4n) is 3.33. The molecule has 0 fully saturated rings. The second kappa shape index (κ2) is 6.57. The lowest BCUT2D eigenvalue weighted by Gasteiger charge is -2.35. The molecule has 2 unspecified atom stereocenters. The molecule has 150 valence electrons. The highest BCUT2D eigenvalue weighted by molar-refractivity contribution is 5.81. The van der Waals surface area contributed by atoms with Gasteiger partial charge in [0.25, 0.3) is 5.91 Å². The molecule has 0 bridgehead atoms. The molecular formula is C17H17F3N4O4. The van der Waals surface area contributed by atoms with Gasteiger partial charge in [0.15, 0.2) is 23.4 Å². The Hall–Kier alpha value is -2.98. The van der Waals surface area contributed by atoms with Crippen LogP contribution in [0.4, 0.5) is 13.2 Å². The first-order valence-corrected chi connectivity index (χ1v) is 8.63. The van der Waals surface area contributed by atoms with Crippen molar-refractivity contribution in [2.75, 3.05) is 13.3 Å². The van der Waals surface area contributed by atoms with Gasteiger partial charge in [0, 0.05) is 19.2 Å². The Morgan fingerprint density at radius 3 is 2.75 bits per heavy atom. The first-order valence-electron chi connectivity index (χ1n) is 8.63. The Balaban J connectivity index is 1.48. The van der Waals surface area contributed by atoms with Crippen molar-refractivity contribution in [2.24, 2.45) is 0 Å². The lowest BCUT2D eigenvalue weighted by molar-refractivity contribution is -0.149. The summed E-state index contributed by atoms with van der Waals surface area (Å²) in [5.74, 6) is 0.241. The molecule has 0 radical (unpaired) electrons. The number of hydrogen-bond acceptors (Lipinski definition) is 6. The number of rotatable bonds is 3. The first kappa shape index (κ1) is 18.4. The zero-order valence-electron chi connectivity index (χ0n) is 15.1. The van der Waals surface area contributed by atoms with Crippen LogP contribution in [0.25, 0.3) is 0 Å². The van der Waals surface area contributed by atoms with Gasteiger partial charge >= 0.3 is 6.18 Å². The highest BCUT2D eigenvalue weighted by Crippen LogP contribution is 2.36. The average molecular weight is 398 g/mol. The number of fused-ring (bicyclic) bond motifs is 2. The molecule has 4 rings (SSSR count). The predicted octanol–water partition coefficient (Wildman–Crippen LogP) is 2.40. The third-order valence-electron chi connectivity index (χ3n) is 4.73. The SMILES string of the molecule is CC(Oc1ccc2c(c1)OCO2)C(=O)N1CCn2c(nnc2C(F)(F)F)C1C. The maximum Gasteiger partial charge on any atom is 0.451 e. The molecule has 2 aromatic rings. The molecular weight excluding hydrogens is 381 g/mol. The largest absolute Gasteiger partial charge is 0.481 e. The summed E-state index contributed by atoms with van der Waals surface area (Å²) in [6.45, 7) is 3.39. The van der Waals surface area contributed by atoms with Gasteiger partial charge in [0.1, 0.15) is 5.75 Å². The quantitative estimate of drug-likeness (QED) is 0.790. The number of amides is 1. The molecule has 0 spiro atoms. The van der Waals surface area contributed by atoms with E-state index >= 15 is 0 Å². The van der Waals surface area contributed by atoms with Crippen molar-refractivity contribution in [3.05, 3.63) is 29.8 Å². The molecule has 2 aliphatic rings. The number of hydrogen-bond donors (Lipinski definition) is 0. The number of carbonyl (C=O) groups excluding carboxylic acids is 1. The van der Waals surface area contributed by atoms with Gasteiger partial charge in [0.05, 0.1) is 6.04 Å². The van der Waals surface area contributed by atoms with Gasteiger partial charge in [-0.3, -0.25) is 4.79 Å². The van der Waals surface area contributed by atoms with Crippen LogP contribution in [-0.2, 0) is 17.5 Å². The molecule has 2 atom stereocenters. The van der Waals surface area contributed by atoms with Gasteiger partial charge in [0.2, 0.25) is 12.6 Å². The van der Waals surface area contributed by atoms with Crippen molar-refractivity contribution in [3.63, 3.8) is 0 Å². The summed E-state index contributed by atoms with van der Waals surface area (Å²) in [4.78, 5) is 14.3. The highest BCUT2D eigenvalue weighted by Gasteiger charge is 2.42. The molecule has 0 N–H and O–H groups in total. The summed E-state index contributed by atoms with van der Waals surface area (Å²) >= 11 is 0. The Labute approximate surface area is 157 Å². The number of benzene rings is 1. The Morgan fingerprint density at radius 1 is 1.25 bits per heavy atom. The summed E-state index contributed by atoms with van der Waals surface area (Å²) in [6.07, 6.45) is -5.44. The minimum atomic E-state index is -4.59. The van der Waals surface area contributed by atoms with E-state index in [1.54, 1.807) is 32.0 Å². The van der Waals surface area contributed by atoms with Crippen molar-refractivity contribution in [1.82, 2.24) is 19.7 Å². The third kappa shape index (κ3) is 3.10. The number of ether oxygens (including phenoxy) is 3. The van der Waals surface area contributed by atoms with Crippen molar-refractivity contribution >= 4 is 5.91 Å². The summed E-state index contributed by atoms with van der Waals surface area (Å²) in [5.41, 5.74) is 0. The zero-order valence-corrected chi connectivity index (χ0v) is 15.1. The molecule has 0 saturated heterocycles. The first-order chi connectivity index (χ1) is 13.3. The minimum Gasteiger partial charge on any atom is -0.481 e. The number of carbonyl (C=O) groups is 1. The minimum absolute atomic E-state index is 0.0377. The van der Waals surface area contributed by atoms with Gasteiger partial charge < -0.3 is 23.7 Å². The van der Waals surface area contributed by atoms with Crippen molar-refractivity contribution < 1.29 is 32.2 Å². The second-order valence-electron chi connectivity index (χ2n) is 6.51. The number of nitrogens with zero attached hydrogens (tertiary/aromatic N) is 4. The second-order valence-corrected chi connectivity index (χ2v) is 6.51. The van der Waals surface area contributed by atoms with E-state index in [1.165, 1.54) is 4.90 Å². The third-order valence-corrected chi connectivity index (χ3v) is 4.73. The average Bonchev–Trinajstić information content (AvgIpc) is 3.27. The maximum atomic E-state index is 13.0. The number of alkyl halides is 3. The van der Waals surface area contributed by atoms with Crippen LogP contribution in [0.3, 0.4) is 0 Å². The van der Waals surface area contributed by atoms with Gasteiger partial charge in [-0.2, -0.15) is 13.2 Å². The number of aromatic nitrogens is 3.